The van der Waals surface area contributed by atoms with Gasteiger partial charge in [0, 0.05) is 12.6 Å². The minimum absolute atomic E-state index is 0.0228. The highest BCUT2D eigenvalue weighted by molar-refractivity contribution is 5.91. The molecule has 1 amide bonds. The van der Waals surface area contributed by atoms with Gasteiger partial charge in [0.05, 0.1) is 13.2 Å². The SMILES string of the molecule is COc1cccnc1NC(=O)CC[C@@H](C)[C@H]1CC[C@H]2[C@@H]3CC=C4C[C@@H](O)CC[C@]4(C)[C@H]3CC[C@]12C. The molecule has 5 rings (SSSR count). The van der Waals surface area contributed by atoms with Gasteiger partial charge in [0.25, 0.3) is 0 Å². The zero-order chi connectivity index (χ0) is 24.8. The molecule has 3 fully saturated rings. The molecule has 35 heavy (non-hydrogen) atoms. The Hall–Kier alpha value is -1.88. The van der Waals surface area contributed by atoms with Crippen molar-refractivity contribution < 1.29 is 14.6 Å². The van der Waals surface area contributed by atoms with Gasteiger partial charge in [-0.3, -0.25) is 4.79 Å². The second kappa shape index (κ2) is 9.53. The number of methoxy groups -OCH3 is 1. The Bertz CT molecular complexity index is 976. The molecule has 8 atom stereocenters. The lowest BCUT2D eigenvalue weighted by Gasteiger charge is -2.58. The van der Waals surface area contributed by atoms with Crippen LogP contribution in [0.25, 0.3) is 0 Å². The normalized spacial score (nSPS) is 39.0. The van der Waals surface area contributed by atoms with E-state index in [-0.39, 0.29) is 12.0 Å². The predicted molar refractivity (Wildman–Crippen MR) is 139 cm³/mol. The quantitative estimate of drug-likeness (QED) is 0.463. The smallest absolute Gasteiger partial charge is 0.225 e. The van der Waals surface area contributed by atoms with Crippen molar-refractivity contribution >= 4 is 11.7 Å². The first kappa shape index (κ1) is 24.8. The third-order valence-corrected chi connectivity index (χ3v) is 10.9. The number of aliphatic hydroxyl groups is 1. The molecule has 0 aliphatic heterocycles. The van der Waals surface area contributed by atoms with Crippen LogP contribution < -0.4 is 10.1 Å². The molecule has 0 unspecified atom stereocenters. The van der Waals surface area contributed by atoms with Crippen LogP contribution in [-0.2, 0) is 4.79 Å². The summed E-state index contributed by atoms with van der Waals surface area (Å²) in [5.41, 5.74) is 2.24. The maximum absolute atomic E-state index is 12.7. The summed E-state index contributed by atoms with van der Waals surface area (Å²) in [6, 6.07) is 3.63. The second-order valence-corrected chi connectivity index (χ2v) is 12.5. The molecule has 5 nitrogen and oxygen atoms in total. The van der Waals surface area contributed by atoms with Crippen molar-refractivity contribution in [3.8, 4) is 5.75 Å². The number of aliphatic hydroxyl groups excluding tert-OH is 1. The fourth-order valence-electron chi connectivity index (χ4n) is 9.02. The van der Waals surface area contributed by atoms with E-state index in [2.05, 4.69) is 37.1 Å². The number of carbonyl (C=O) groups is 1. The Morgan fingerprint density at radius 3 is 2.86 bits per heavy atom. The lowest BCUT2D eigenvalue weighted by Crippen LogP contribution is -2.50. The standard InChI is InChI=1S/C30H44N2O3/c1-19(7-12-27(34)32-28-26(35-4)6-5-17-31-28)23-10-11-24-22-9-8-20-18-21(33)13-15-29(20,2)25(22)14-16-30(23,24)3/h5-6,8,17,19,21-25,33H,7,9-16,18H2,1-4H3,(H,31,32,34)/t19-,21+,22+,23-,24+,25+,29+,30-/m1/s1. The summed E-state index contributed by atoms with van der Waals surface area (Å²) in [4.78, 5) is 17.0. The summed E-state index contributed by atoms with van der Waals surface area (Å²) in [6.07, 6.45) is 15.0. The molecular formula is C30H44N2O3. The van der Waals surface area contributed by atoms with Crippen LogP contribution in [0.3, 0.4) is 0 Å². The fraction of sp³-hybridized carbons (Fsp3) is 0.733. The van der Waals surface area contributed by atoms with Gasteiger partial charge in [-0.2, -0.15) is 0 Å². The number of fused-ring (bicyclic) bond motifs is 5. The van der Waals surface area contributed by atoms with Crippen molar-refractivity contribution in [1.82, 2.24) is 4.98 Å². The van der Waals surface area contributed by atoms with E-state index in [1.165, 1.54) is 32.1 Å². The topological polar surface area (TPSA) is 71.5 Å². The van der Waals surface area contributed by atoms with Crippen LogP contribution in [0, 0.1) is 40.4 Å². The molecule has 5 heteroatoms. The third-order valence-electron chi connectivity index (χ3n) is 10.9. The van der Waals surface area contributed by atoms with E-state index in [1.54, 1.807) is 18.9 Å². The monoisotopic (exact) mass is 480 g/mol. The van der Waals surface area contributed by atoms with Crippen molar-refractivity contribution in [2.45, 2.75) is 91.1 Å². The third kappa shape index (κ3) is 4.32. The van der Waals surface area contributed by atoms with Gasteiger partial charge < -0.3 is 15.2 Å². The summed E-state index contributed by atoms with van der Waals surface area (Å²) in [7, 11) is 1.60. The first-order valence-corrected chi connectivity index (χ1v) is 13.9. The van der Waals surface area contributed by atoms with Crippen LogP contribution in [0.2, 0.25) is 0 Å². The molecule has 4 aliphatic carbocycles. The molecule has 192 valence electrons. The molecule has 0 spiro atoms. The van der Waals surface area contributed by atoms with E-state index in [4.69, 9.17) is 4.74 Å². The van der Waals surface area contributed by atoms with Crippen molar-refractivity contribution in [3.05, 3.63) is 30.0 Å². The van der Waals surface area contributed by atoms with Crippen LogP contribution in [0.15, 0.2) is 30.0 Å². The molecule has 0 radical (unpaired) electrons. The minimum Gasteiger partial charge on any atom is -0.493 e. The zero-order valence-electron chi connectivity index (χ0n) is 22.1. The fourth-order valence-corrected chi connectivity index (χ4v) is 9.02. The van der Waals surface area contributed by atoms with Crippen molar-refractivity contribution in [1.29, 1.82) is 0 Å². The predicted octanol–water partition coefficient (Wildman–Crippen LogP) is 6.38. The zero-order valence-corrected chi connectivity index (χ0v) is 22.1. The lowest BCUT2D eigenvalue weighted by molar-refractivity contribution is -0.116. The van der Waals surface area contributed by atoms with Gasteiger partial charge in [-0.05, 0) is 110 Å². The highest BCUT2D eigenvalue weighted by atomic mass is 16.5. The summed E-state index contributed by atoms with van der Waals surface area (Å²) < 4.78 is 5.32. The van der Waals surface area contributed by atoms with E-state index in [9.17, 15) is 9.90 Å². The molecule has 0 bridgehead atoms. The summed E-state index contributed by atoms with van der Waals surface area (Å²) in [5.74, 6) is 4.72. The number of aromatic nitrogens is 1. The van der Waals surface area contributed by atoms with E-state index >= 15 is 0 Å². The summed E-state index contributed by atoms with van der Waals surface area (Å²) in [6.45, 7) is 7.46. The number of pyridine rings is 1. The number of anilines is 1. The van der Waals surface area contributed by atoms with Crippen LogP contribution in [0.5, 0.6) is 5.75 Å². The molecular weight excluding hydrogens is 436 g/mol. The van der Waals surface area contributed by atoms with E-state index < -0.39 is 0 Å². The maximum atomic E-state index is 12.7. The average molecular weight is 481 g/mol. The lowest BCUT2D eigenvalue weighted by atomic mass is 9.47. The molecule has 0 saturated heterocycles. The number of ether oxygens (including phenoxy) is 1. The molecule has 0 aromatic carbocycles. The molecule has 2 N–H and O–H groups in total. The average Bonchev–Trinajstić information content (AvgIpc) is 3.20. The first-order chi connectivity index (χ1) is 16.8. The Labute approximate surface area is 211 Å². The Balaban J connectivity index is 1.23. The number of carbonyl (C=O) groups excluding carboxylic acids is 1. The molecule has 1 aromatic heterocycles. The summed E-state index contributed by atoms with van der Waals surface area (Å²) >= 11 is 0. The maximum Gasteiger partial charge on any atom is 0.225 e. The Morgan fingerprint density at radius 1 is 1.23 bits per heavy atom. The number of hydrogen-bond acceptors (Lipinski definition) is 4. The van der Waals surface area contributed by atoms with Gasteiger partial charge in [0.1, 0.15) is 0 Å². The number of allylic oxidation sites excluding steroid dienone is 1. The molecule has 4 aliphatic rings. The number of hydrogen-bond donors (Lipinski definition) is 2. The van der Waals surface area contributed by atoms with Crippen LogP contribution >= 0.6 is 0 Å². The molecule has 3 saturated carbocycles. The van der Waals surface area contributed by atoms with Gasteiger partial charge in [-0.1, -0.05) is 32.4 Å². The highest BCUT2D eigenvalue weighted by Crippen LogP contribution is 2.67. The van der Waals surface area contributed by atoms with Crippen LogP contribution in [0.4, 0.5) is 5.82 Å². The van der Waals surface area contributed by atoms with Gasteiger partial charge in [0.15, 0.2) is 11.6 Å². The highest BCUT2D eigenvalue weighted by Gasteiger charge is 2.59. The van der Waals surface area contributed by atoms with Crippen LogP contribution in [0.1, 0.15) is 85.0 Å². The van der Waals surface area contributed by atoms with E-state index in [0.29, 0.717) is 40.7 Å². The van der Waals surface area contributed by atoms with Gasteiger partial charge in [-0.25, -0.2) is 4.98 Å². The number of nitrogens with zero attached hydrogens (tertiary/aromatic N) is 1. The van der Waals surface area contributed by atoms with Crippen LogP contribution in [-0.4, -0.2) is 29.2 Å². The minimum atomic E-state index is -0.132. The number of rotatable bonds is 6. The summed E-state index contributed by atoms with van der Waals surface area (Å²) in [5, 5.41) is 13.2. The second-order valence-electron chi connectivity index (χ2n) is 12.5. The van der Waals surface area contributed by atoms with Crippen molar-refractivity contribution in [2.75, 3.05) is 12.4 Å². The molecule has 1 aromatic rings. The molecule has 1 heterocycles. The van der Waals surface area contributed by atoms with E-state index in [1.807, 2.05) is 12.1 Å². The van der Waals surface area contributed by atoms with Crippen molar-refractivity contribution in [3.63, 3.8) is 0 Å². The van der Waals surface area contributed by atoms with Gasteiger partial charge in [-0.15, -0.1) is 0 Å². The number of nitrogens with one attached hydrogen (secondary N) is 1. The Morgan fingerprint density at radius 2 is 2.06 bits per heavy atom. The van der Waals surface area contributed by atoms with Crippen molar-refractivity contribution in [2.24, 2.45) is 40.4 Å². The van der Waals surface area contributed by atoms with Gasteiger partial charge >= 0.3 is 0 Å². The first-order valence-electron chi connectivity index (χ1n) is 13.9. The van der Waals surface area contributed by atoms with Gasteiger partial charge in [0.2, 0.25) is 5.91 Å². The number of amides is 1. The Kier molecular flexibility index (Phi) is 6.76. The van der Waals surface area contributed by atoms with E-state index in [0.717, 1.165) is 43.4 Å². The largest absolute Gasteiger partial charge is 0.493 e.